The summed E-state index contributed by atoms with van der Waals surface area (Å²) in [5.74, 6) is 0.718. The molecule has 27 heavy (non-hydrogen) atoms. The van der Waals surface area contributed by atoms with Crippen molar-refractivity contribution >= 4 is 29.4 Å². The Bertz CT molecular complexity index is 886. The number of urea groups is 1. The zero-order valence-corrected chi connectivity index (χ0v) is 14.8. The molecule has 0 unspecified atom stereocenters. The number of carbonyl (C=O) groups is 2. The Morgan fingerprint density at radius 2 is 1.74 bits per heavy atom. The largest absolute Gasteiger partial charge is 0.493 e. The molecule has 0 atom stereocenters. The highest BCUT2D eigenvalue weighted by Crippen LogP contribution is 2.26. The monoisotopic (exact) mass is 363 g/mol. The Balaban J connectivity index is 1.30. The number of anilines is 2. The highest BCUT2D eigenvalue weighted by molar-refractivity contribution is 6.02. The van der Waals surface area contributed by atoms with Crippen LogP contribution in [0.5, 0.6) is 5.75 Å². The van der Waals surface area contributed by atoms with Crippen molar-refractivity contribution in [2.45, 2.75) is 25.3 Å². The van der Waals surface area contributed by atoms with Gasteiger partial charge in [0.25, 0.3) is 0 Å². The number of benzene rings is 2. The fourth-order valence-electron chi connectivity index (χ4n) is 2.88. The van der Waals surface area contributed by atoms with Crippen LogP contribution >= 0.6 is 0 Å². The number of hydrogen-bond donors (Lipinski definition) is 3. The zero-order chi connectivity index (χ0) is 18.6. The molecule has 0 spiro atoms. The van der Waals surface area contributed by atoms with Gasteiger partial charge in [-0.3, -0.25) is 4.79 Å². The molecule has 0 radical (unpaired) electrons. The fraction of sp³-hybridized carbons (Fsp3) is 0.238. The average Bonchev–Trinajstić information content (AvgIpc) is 3.34. The molecule has 6 heteroatoms. The van der Waals surface area contributed by atoms with Gasteiger partial charge in [0, 0.05) is 29.9 Å². The van der Waals surface area contributed by atoms with Crippen LogP contribution in [0.25, 0.3) is 6.08 Å². The highest BCUT2D eigenvalue weighted by atomic mass is 16.5. The Labute approximate surface area is 157 Å². The molecule has 138 valence electrons. The van der Waals surface area contributed by atoms with E-state index < -0.39 is 0 Å². The van der Waals surface area contributed by atoms with Crippen molar-refractivity contribution < 1.29 is 14.3 Å². The summed E-state index contributed by atoms with van der Waals surface area (Å²) in [4.78, 5) is 23.8. The third-order valence-corrected chi connectivity index (χ3v) is 4.46. The lowest BCUT2D eigenvalue weighted by atomic mass is 10.1. The van der Waals surface area contributed by atoms with Gasteiger partial charge in [0.15, 0.2) is 0 Å². The number of ether oxygens (including phenoxy) is 1. The van der Waals surface area contributed by atoms with E-state index in [4.69, 9.17) is 4.74 Å². The van der Waals surface area contributed by atoms with Crippen molar-refractivity contribution in [2.24, 2.45) is 0 Å². The van der Waals surface area contributed by atoms with E-state index in [1.165, 1.54) is 11.6 Å². The standard InChI is InChI=1S/C21H21N3O3/c25-20(10-2-14-1-9-19-15(13-14)11-12-27-19)22-16-3-5-17(6-4-16)23-21(26)24-18-7-8-18/h1-6,9-10,13,18H,7-8,11-12H2,(H,22,25)(H2,23,24,26)/b10-2+. The third-order valence-electron chi connectivity index (χ3n) is 4.46. The lowest BCUT2D eigenvalue weighted by molar-refractivity contribution is -0.111. The van der Waals surface area contributed by atoms with Crippen molar-refractivity contribution in [3.63, 3.8) is 0 Å². The molecule has 6 nitrogen and oxygen atoms in total. The third kappa shape index (κ3) is 4.67. The van der Waals surface area contributed by atoms with Crippen molar-refractivity contribution in [1.82, 2.24) is 5.32 Å². The minimum Gasteiger partial charge on any atom is -0.493 e. The van der Waals surface area contributed by atoms with E-state index in [0.29, 0.717) is 17.4 Å². The molecule has 1 fully saturated rings. The number of rotatable bonds is 5. The van der Waals surface area contributed by atoms with E-state index >= 15 is 0 Å². The summed E-state index contributed by atoms with van der Waals surface area (Å²) >= 11 is 0. The van der Waals surface area contributed by atoms with E-state index in [-0.39, 0.29) is 11.9 Å². The Morgan fingerprint density at radius 1 is 1.00 bits per heavy atom. The second-order valence-electron chi connectivity index (χ2n) is 6.74. The van der Waals surface area contributed by atoms with Crippen molar-refractivity contribution in [2.75, 3.05) is 17.2 Å². The van der Waals surface area contributed by atoms with E-state index in [2.05, 4.69) is 16.0 Å². The number of amides is 3. The SMILES string of the molecule is O=C(/C=C/c1ccc2c(c1)CCO2)Nc1ccc(NC(=O)NC2CC2)cc1. The summed E-state index contributed by atoms with van der Waals surface area (Å²) in [6.07, 6.45) is 6.29. The molecule has 4 rings (SSSR count). The molecule has 2 aromatic carbocycles. The maximum absolute atomic E-state index is 12.1. The average molecular weight is 363 g/mol. The lowest BCUT2D eigenvalue weighted by Crippen LogP contribution is -2.30. The topological polar surface area (TPSA) is 79.5 Å². The first-order valence-electron chi connectivity index (χ1n) is 9.08. The van der Waals surface area contributed by atoms with Gasteiger partial charge in [-0.25, -0.2) is 4.79 Å². The van der Waals surface area contributed by atoms with Gasteiger partial charge in [0.2, 0.25) is 5.91 Å². The van der Waals surface area contributed by atoms with Crippen LogP contribution in [0.1, 0.15) is 24.0 Å². The molecule has 2 aliphatic rings. The smallest absolute Gasteiger partial charge is 0.319 e. The van der Waals surface area contributed by atoms with Crippen LogP contribution in [-0.2, 0) is 11.2 Å². The predicted molar refractivity (Wildman–Crippen MR) is 105 cm³/mol. The first-order valence-corrected chi connectivity index (χ1v) is 9.08. The molecule has 0 bridgehead atoms. The minimum absolute atomic E-state index is 0.197. The van der Waals surface area contributed by atoms with Crippen molar-refractivity contribution in [3.8, 4) is 5.75 Å². The summed E-state index contributed by atoms with van der Waals surface area (Å²) in [5, 5.41) is 8.44. The summed E-state index contributed by atoms with van der Waals surface area (Å²) in [7, 11) is 0. The molecule has 3 amide bonds. The molecule has 2 aromatic rings. The maximum Gasteiger partial charge on any atom is 0.319 e. The summed E-state index contributed by atoms with van der Waals surface area (Å²) in [6.45, 7) is 0.718. The lowest BCUT2D eigenvalue weighted by Gasteiger charge is -2.08. The quantitative estimate of drug-likeness (QED) is 0.711. The molecular weight excluding hydrogens is 342 g/mol. The van der Waals surface area contributed by atoms with E-state index in [1.807, 2.05) is 18.2 Å². The molecule has 1 aliphatic heterocycles. The van der Waals surface area contributed by atoms with E-state index in [9.17, 15) is 9.59 Å². The number of carbonyl (C=O) groups excluding carboxylic acids is 2. The Kier molecular flexibility index (Phi) is 4.78. The van der Waals surface area contributed by atoms with Gasteiger partial charge in [-0.15, -0.1) is 0 Å². The number of fused-ring (bicyclic) bond motifs is 1. The molecule has 0 aromatic heterocycles. The zero-order valence-electron chi connectivity index (χ0n) is 14.8. The van der Waals surface area contributed by atoms with Crippen LogP contribution in [0.15, 0.2) is 48.5 Å². The Morgan fingerprint density at radius 3 is 2.48 bits per heavy atom. The van der Waals surface area contributed by atoms with Crippen molar-refractivity contribution in [1.29, 1.82) is 0 Å². The number of nitrogens with one attached hydrogen (secondary N) is 3. The van der Waals surface area contributed by atoms with Crippen LogP contribution in [0.4, 0.5) is 16.2 Å². The molecule has 0 saturated heterocycles. The molecule has 3 N–H and O–H groups in total. The van der Waals surface area contributed by atoms with Crippen LogP contribution < -0.4 is 20.7 Å². The normalized spacial score (nSPS) is 15.1. The van der Waals surface area contributed by atoms with Gasteiger partial charge in [-0.05, 0) is 66.4 Å². The summed E-state index contributed by atoms with van der Waals surface area (Å²) in [5.41, 5.74) is 3.49. The summed E-state index contributed by atoms with van der Waals surface area (Å²) < 4.78 is 5.48. The highest BCUT2D eigenvalue weighted by Gasteiger charge is 2.23. The van der Waals surface area contributed by atoms with E-state index in [0.717, 1.165) is 37.2 Å². The number of hydrogen-bond acceptors (Lipinski definition) is 3. The molecular formula is C21H21N3O3. The minimum atomic E-state index is -0.209. The van der Waals surface area contributed by atoms with E-state index in [1.54, 1.807) is 30.3 Å². The Hall–Kier alpha value is -3.28. The van der Waals surface area contributed by atoms with Crippen LogP contribution in [-0.4, -0.2) is 24.6 Å². The van der Waals surface area contributed by atoms with Gasteiger partial charge in [-0.1, -0.05) is 6.07 Å². The predicted octanol–water partition coefficient (Wildman–Crippen LogP) is 3.56. The molecule has 1 aliphatic carbocycles. The molecule has 1 heterocycles. The van der Waals surface area contributed by atoms with Gasteiger partial charge in [0.05, 0.1) is 6.61 Å². The molecule has 1 saturated carbocycles. The first-order chi connectivity index (χ1) is 13.2. The summed E-state index contributed by atoms with van der Waals surface area (Å²) in [6, 6.07) is 13.0. The second-order valence-corrected chi connectivity index (χ2v) is 6.74. The maximum atomic E-state index is 12.1. The van der Waals surface area contributed by atoms with Crippen molar-refractivity contribution in [3.05, 3.63) is 59.7 Å². The fourth-order valence-corrected chi connectivity index (χ4v) is 2.88. The van der Waals surface area contributed by atoms with Gasteiger partial charge >= 0.3 is 6.03 Å². The van der Waals surface area contributed by atoms with Crippen LogP contribution in [0, 0.1) is 0 Å². The van der Waals surface area contributed by atoms with Gasteiger partial charge in [0.1, 0.15) is 5.75 Å². The first kappa shape index (κ1) is 17.1. The van der Waals surface area contributed by atoms with Crippen LogP contribution in [0.3, 0.4) is 0 Å². The van der Waals surface area contributed by atoms with Crippen LogP contribution in [0.2, 0.25) is 0 Å². The van der Waals surface area contributed by atoms with Gasteiger partial charge < -0.3 is 20.7 Å². The second kappa shape index (κ2) is 7.53. The van der Waals surface area contributed by atoms with Gasteiger partial charge in [-0.2, -0.15) is 0 Å².